The lowest BCUT2D eigenvalue weighted by atomic mass is 10.2. The van der Waals surface area contributed by atoms with E-state index in [0.717, 1.165) is 32.1 Å². The zero-order valence-electron chi connectivity index (χ0n) is 19.9. The van der Waals surface area contributed by atoms with Crippen LogP contribution in [0.25, 0.3) is 11.2 Å². The van der Waals surface area contributed by atoms with Crippen molar-refractivity contribution in [3.8, 4) is 0 Å². The van der Waals surface area contributed by atoms with Crippen LogP contribution in [-0.2, 0) is 29.0 Å². The molecule has 9 heteroatoms. The van der Waals surface area contributed by atoms with Gasteiger partial charge >= 0.3 is 5.69 Å². The van der Waals surface area contributed by atoms with E-state index in [0.29, 0.717) is 56.0 Å². The standard InChI is InChI=1S/C23H37N5O4/c1-5-7-9-13-27-18(10-11-19(29)26-14-16(3)32-17(4)15-26)24-21-20(27)22(30)25-23(31)28(21)12-8-6-2/h16-17H,5-15H2,1-4H3,(H,25,30,31). The van der Waals surface area contributed by atoms with E-state index in [1.165, 1.54) is 0 Å². The van der Waals surface area contributed by atoms with Crippen LogP contribution in [0, 0.1) is 0 Å². The van der Waals surface area contributed by atoms with E-state index in [1.807, 2.05) is 23.3 Å². The molecule has 0 radical (unpaired) electrons. The van der Waals surface area contributed by atoms with Gasteiger partial charge in [-0.1, -0.05) is 33.1 Å². The Morgan fingerprint density at radius 1 is 1.03 bits per heavy atom. The van der Waals surface area contributed by atoms with E-state index in [-0.39, 0.29) is 18.1 Å². The van der Waals surface area contributed by atoms with Crippen molar-refractivity contribution < 1.29 is 9.53 Å². The van der Waals surface area contributed by atoms with Gasteiger partial charge in [0.2, 0.25) is 5.91 Å². The Hall–Kier alpha value is -2.42. The number of morpholine rings is 1. The maximum atomic E-state index is 12.9. The van der Waals surface area contributed by atoms with E-state index < -0.39 is 11.2 Å². The van der Waals surface area contributed by atoms with Gasteiger partial charge in [0.1, 0.15) is 5.82 Å². The minimum absolute atomic E-state index is 0.0212. The van der Waals surface area contributed by atoms with E-state index in [9.17, 15) is 14.4 Å². The number of imidazole rings is 1. The predicted molar refractivity (Wildman–Crippen MR) is 124 cm³/mol. The lowest BCUT2D eigenvalue weighted by Crippen LogP contribution is -2.48. The number of rotatable bonds is 10. The number of nitrogens with zero attached hydrogens (tertiary/aromatic N) is 4. The number of nitrogens with one attached hydrogen (secondary N) is 1. The highest BCUT2D eigenvalue weighted by Gasteiger charge is 2.26. The minimum Gasteiger partial charge on any atom is -0.372 e. The third-order valence-electron chi connectivity index (χ3n) is 6.02. The number of hydrogen-bond acceptors (Lipinski definition) is 5. The van der Waals surface area contributed by atoms with E-state index in [2.05, 4.69) is 18.8 Å². The average molecular weight is 448 g/mol. The molecule has 0 saturated carbocycles. The highest BCUT2D eigenvalue weighted by Crippen LogP contribution is 2.17. The molecular weight excluding hydrogens is 410 g/mol. The summed E-state index contributed by atoms with van der Waals surface area (Å²) in [6, 6.07) is 0. The van der Waals surface area contributed by atoms with Gasteiger partial charge in [0.25, 0.3) is 5.56 Å². The molecule has 0 aromatic carbocycles. The Kier molecular flexibility index (Phi) is 8.28. The number of ether oxygens (including phenoxy) is 1. The van der Waals surface area contributed by atoms with E-state index in [1.54, 1.807) is 4.57 Å². The second-order valence-corrected chi connectivity index (χ2v) is 8.88. The first-order valence-electron chi connectivity index (χ1n) is 12.0. The molecule has 1 N–H and O–H groups in total. The number of fused-ring (bicyclic) bond motifs is 1. The smallest absolute Gasteiger partial charge is 0.330 e. The summed E-state index contributed by atoms with van der Waals surface area (Å²) in [5, 5.41) is 0. The van der Waals surface area contributed by atoms with Crippen LogP contribution in [0.1, 0.15) is 72.0 Å². The van der Waals surface area contributed by atoms with Crippen molar-refractivity contribution >= 4 is 17.1 Å². The van der Waals surface area contributed by atoms with Gasteiger partial charge in [-0.3, -0.25) is 19.1 Å². The molecule has 1 amide bonds. The number of hydrogen-bond donors (Lipinski definition) is 1. The summed E-state index contributed by atoms with van der Waals surface area (Å²) in [4.78, 5) is 47.1. The molecule has 3 rings (SSSR count). The number of unbranched alkanes of at least 4 members (excludes halogenated alkanes) is 3. The normalized spacial score (nSPS) is 19.1. The maximum absolute atomic E-state index is 12.9. The summed E-state index contributed by atoms with van der Waals surface area (Å²) in [6.07, 6.45) is 5.55. The molecule has 32 heavy (non-hydrogen) atoms. The lowest BCUT2D eigenvalue weighted by Gasteiger charge is -2.35. The predicted octanol–water partition coefficient (Wildman–Crippen LogP) is 2.45. The largest absolute Gasteiger partial charge is 0.372 e. The molecule has 2 aromatic heterocycles. The first-order valence-corrected chi connectivity index (χ1v) is 12.0. The van der Waals surface area contributed by atoms with Gasteiger partial charge in [-0.2, -0.15) is 0 Å². The summed E-state index contributed by atoms with van der Waals surface area (Å²) in [7, 11) is 0. The molecule has 2 unspecified atom stereocenters. The Balaban J connectivity index is 1.91. The molecule has 3 heterocycles. The molecule has 1 saturated heterocycles. The second-order valence-electron chi connectivity index (χ2n) is 8.88. The number of aromatic amines is 1. The summed E-state index contributed by atoms with van der Waals surface area (Å²) in [5.41, 5.74) is 0.0378. The van der Waals surface area contributed by atoms with Crippen LogP contribution in [0.2, 0.25) is 0 Å². The molecule has 0 bridgehead atoms. The Bertz CT molecular complexity index is 1030. The summed E-state index contributed by atoms with van der Waals surface area (Å²) >= 11 is 0. The van der Waals surface area contributed by atoms with Crippen LogP contribution in [0.15, 0.2) is 9.59 Å². The Morgan fingerprint density at radius 3 is 2.34 bits per heavy atom. The molecule has 9 nitrogen and oxygen atoms in total. The maximum Gasteiger partial charge on any atom is 0.330 e. The number of carbonyl (C=O) groups is 1. The number of aromatic nitrogens is 4. The highest BCUT2D eigenvalue weighted by atomic mass is 16.5. The van der Waals surface area contributed by atoms with Crippen molar-refractivity contribution in [2.24, 2.45) is 0 Å². The molecule has 1 fully saturated rings. The van der Waals surface area contributed by atoms with Gasteiger partial charge in [0.05, 0.1) is 12.2 Å². The van der Waals surface area contributed by atoms with Gasteiger partial charge < -0.3 is 14.2 Å². The van der Waals surface area contributed by atoms with E-state index >= 15 is 0 Å². The molecule has 178 valence electrons. The summed E-state index contributed by atoms with van der Waals surface area (Å²) in [5.74, 6) is 0.761. The fourth-order valence-electron chi connectivity index (χ4n) is 4.45. The molecule has 0 aliphatic carbocycles. The molecule has 1 aliphatic heterocycles. The fraction of sp³-hybridized carbons (Fsp3) is 0.739. The topological polar surface area (TPSA) is 102 Å². The van der Waals surface area contributed by atoms with Crippen LogP contribution in [-0.4, -0.2) is 55.2 Å². The van der Waals surface area contributed by atoms with Crippen molar-refractivity contribution in [3.63, 3.8) is 0 Å². The van der Waals surface area contributed by atoms with Crippen LogP contribution in [0.3, 0.4) is 0 Å². The molecular formula is C23H37N5O4. The van der Waals surface area contributed by atoms with E-state index in [4.69, 9.17) is 9.72 Å². The number of aryl methyl sites for hydroxylation is 3. The zero-order valence-corrected chi connectivity index (χ0v) is 19.9. The highest BCUT2D eigenvalue weighted by molar-refractivity contribution is 5.77. The monoisotopic (exact) mass is 447 g/mol. The van der Waals surface area contributed by atoms with Crippen molar-refractivity contribution in [1.82, 2.24) is 24.0 Å². The molecule has 2 atom stereocenters. The quantitative estimate of drug-likeness (QED) is 0.564. The molecule has 2 aromatic rings. The van der Waals surface area contributed by atoms with Gasteiger partial charge in [-0.05, 0) is 26.7 Å². The first-order chi connectivity index (χ1) is 15.3. The summed E-state index contributed by atoms with van der Waals surface area (Å²) < 4.78 is 9.21. The van der Waals surface area contributed by atoms with Gasteiger partial charge in [-0.25, -0.2) is 9.78 Å². The van der Waals surface area contributed by atoms with Gasteiger partial charge in [0.15, 0.2) is 11.2 Å². The lowest BCUT2D eigenvalue weighted by molar-refractivity contribution is -0.143. The van der Waals surface area contributed by atoms with Crippen molar-refractivity contribution in [2.75, 3.05) is 13.1 Å². The van der Waals surface area contributed by atoms with Crippen LogP contribution >= 0.6 is 0 Å². The minimum atomic E-state index is -0.423. The second kappa shape index (κ2) is 10.9. The van der Waals surface area contributed by atoms with Gasteiger partial charge in [-0.15, -0.1) is 0 Å². The van der Waals surface area contributed by atoms with Crippen molar-refractivity contribution in [2.45, 2.75) is 97.9 Å². The summed E-state index contributed by atoms with van der Waals surface area (Å²) in [6.45, 7) is 10.5. The third-order valence-corrected chi connectivity index (χ3v) is 6.02. The zero-order chi connectivity index (χ0) is 23.3. The van der Waals surface area contributed by atoms with Crippen molar-refractivity contribution in [1.29, 1.82) is 0 Å². The first kappa shape index (κ1) is 24.2. The van der Waals surface area contributed by atoms with Crippen LogP contribution < -0.4 is 11.2 Å². The molecule has 1 aliphatic rings. The number of H-pyrrole nitrogens is 1. The van der Waals surface area contributed by atoms with Crippen molar-refractivity contribution in [3.05, 3.63) is 26.7 Å². The fourth-order valence-corrected chi connectivity index (χ4v) is 4.45. The molecule has 0 spiro atoms. The number of amides is 1. The average Bonchev–Trinajstić information content (AvgIpc) is 3.10. The van der Waals surface area contributed by atoms with Crippen LogP contribution in [0.4, 0.5) is 0 Å². The Labute approximate surface area is 188 Å². The van der Waals surface area contributed by atoms with Crippen LogP contribution in [0.5, 0.6) is 0 Å². The number of carbonyl (C=O) groups excluding carboxylic acids is 1. The van der Waals surface area contributed by atoms with Gasteiger partial charge in [0, 0.05) is 39.0 Å². The third kappa shape index (κ3) is 5.49. The SMILES string of the molecule is CCCCCn1c(CCC(=O)N2CC(C)OC(C)C2)nc2c1c(=O)[nH]c(=O)n2CCCC. The Morgan fingerprint density at radius 2 is 1.69 bits per heavy atom.